The molecule has 0 bridgehead atoms. The average Bonchev–Trinajstić information content (AvgIpc) is 3.91. The third-order valence-corrected chi connectivity index (χ3v) is 10.6. The number of hydrogen-bond donors (Lipinski definition) is 2. The van der Waals surface area contributed by atoms with Crippen LogP contribution >= 0.6 is 7.37 Å². The Labute approximate surface area is 345 Å². The predicted molar refractivity (Wildman–Crippen MR) is 198 cm³/mol. The topological polar surface area (TPSA) is 176 Å². The molecule has 0 aliphatic carbocycles. The molecule has 0 fully saturated rings. The van der Waals surface area contributed by atoms with Gasteiger partial charge in [0.15, 0.2) is 0 Å². The summed E-state index contributed by atoms with van der Waals surface area (Å²) in [5.41, 5.74) is -5.79. The molecule has 307 valence electrons. The van der Waals surface area contributed by atoms with E-state index in [1.54, 1.807) is 24.3 Å². The SMILES string of the molecule is O=C(O)C1(C(F)(F)F)C=C(c2ccccn2)N=N1.O=C(O)C1(C(F)(F)F)C=C(c2ccccn2)N=N1.O=P(OCc1ccccc1)(c1ccccc1)c1ccccc1.[Ir]. The summed E-state index contributed by atoms with van der Waals surface area (Å²) in [6.45, 7) is 0.321. The fourth-order valence-corrected chi connectivity index (χ4v) is 7.13. The number of azo groups is 2. The van der Waals surface area contributed by atoms with Gasteiger partial charge in [-0.3, -0.25) is 14.5 Å². The van der Waals surface area contributed by atoms with Gasteiger partial charge in [-0.15, -0.1) is 0 Å². The number of hydrogen-bond acceptors (Lipinski definition) is 10. The summed E-state index contributed by atoms with van der Waals surface area (Å²) < 4.78 is 96.0. The molecule has 4 heterocycles. The second-order valence-electron chi connectivity index (χ2n) is 12.0. The molecule has 2 aliphatic heterocycles. The van der Waals surface area contributed by atoms with Crippen molar-refractivity contribution in [2.75, 3.05) is 0 Å². The number of carboxylic acids is 2. The standard InChI is InChI=1S/C19H17O2P.2C10H6F3N3O2.Ir/c20-22(18-12-6-2-7-13-18,19-14-8-3-9-15-19)21-16-17-10-4-1-5-11-17;2*11-10(12,13)9(8(17)18)5-7(15-16-9)6-3-1-2-4-14-6;/h1-15H,16H2;2*1-5H,(H,17,18);. The van der Waals surface area contributed by atoms with Crippen molar-refractivity contribution in [2.45, 2.75) is 30.0 Å². The number of rotatable bonds is 9. The van der Waals surface area contributed by atoms with Gasteiger partial charge in [0.05, 0.1) is 18.0 Å². The number of carbonyl (C=O) groups is 2. The molecule has 59 heavy (non-hydrogen) atoms. The number of aromatic nitrogens is 2. The largest absolute Gasteiger partial charge is 0.479 e. The molecule has 2 aliphatic rings. The molecule has 0 amide bonds. The minimum atomic E-state index is -5.06. The molecule has 7 rings (SSSR count). The van der Waals surface area contributed by atoms with Crippen molar-refractivity contribution in [3.63, 3.8) is 0 Å². The Kier molecular flexibility index (Phi) is 14.8. The fourth-order valence-electron chi connectivity index (χ4n) is 5.07. The Morgan fingerprint density at radius 1 is 0.576 bits per heavy atom. The van der Waals surface area contributed by atoms with E-state index >= 15 is 0 Å². The second-order valence-corrected chi connectivity index (χ2v) is 14.4. The summed E-state index contributed by atoms with van der Waals surface area (Å²) in [5.74, 6) is -4.24. The maximum Gasteiger partial charge on any atom is 0.430 e. The maximum absolute atomic E-state index is 13.6. The number of halogens is 6. The zero-order valence-corrected chi connectivity index (χ0v) is 33.2. The Morgan fingerprint density at radius 3 is 1.24 bits per heavy atom. The van der Waals surface area contributed by atoms with Crippen molar-refractivity contribution < 1.29 is 75.3 Å². The first-order chi connectivity index (χ1) is 27.5. The van der Waals surface area contributed by atoms with Crippen LogP contribution in [0, 0.1) is 0 Å². The monoisotopic (exact) mass is 1020 g/mol. The van der Waals surface area contributed by atoms with Crippen molar-refractivity contribution in [3.8, 4) is 0 Å². The van der Waals surface area contributed by atoms with Crippen molar-refractivity contribution in [1.82, 2.24) is 9.97 Å². The molecule has 0 saturated heterocycles. The minimum Gasteiger partial charge on any atom is -0.479 e. The Morgan fingerprint density at radius 2 is 0.932 bits per heavy atom. The predicted octanol–water partition coefficient (Wildman–Crippen LogP) is 8.68. The molecular formula is C39H29F6IrN6O6P. The molecular weight excluding hydrogens is 986 g/mol. The molecule has 2 aromatic heterocycles. The van der Waals surface area contributed by atoms with Gasteiger partial charge in [-0.1, -0.05) is 78.9 Å². The number of carboxylic acid groups (broad SMARTS) is 2. The normalized spacial score (nSPS) is 18.2. The van der Waals surface area contributed by atoms with Crippen molar-refractivity contribution in [3.05, 3.63) is 169 Å². The molecule has 3 aromatic carbocycles. The van der Waals surface area contributed by atoms with Crippen molar-refractivity contribution >= 4 is 41.3 Å². The van der Waals surface area contributed by atoms with Crippen LogP contribution in [0.4, 0.5) is 26.3 Å². The van der Waals surface area contributed by atoms with Crippen LogP contribution in [0.1, 0.15) is 17.0 Å². The zero-order chi connectivity index (χ0) is 42.0. The summed E-state index contributed by atoms with van der Waals surface area (Å²) in [7, 11) is -3.09. The van der Waals surface area contributed by atoms with Gasteiger partial charge in [-0.2, -0.15) is 46.8 Å². The molecule has 0 spiro atoms. The van der Waals surface area contributed by atoms with Gasteiger partial charge in [-0.25, -0.2) is 9.59 Å². The average molecular weight is 1010 g/mol. The fraction of sp³-hybridized carbons (Fsp3) is 0.128. The Bertz CT molecular complexity index is 2230. The third-order valence-electron chi connectivity index (χ3n) is 8.14. The van der Waals surface area contributed by atoms with Crippen molar-refractivity contribution in [2.24, 2.45) is 20.5 Å². The first kappa shape index (κ1) is 45.7. The molecule has 2 unspecified atom stereocenters. The molecule has 0 saturated carbocycles. The summed E-state index contributed by atoms with van der Waals surface area (Å²) in [6, 6.07) is 37.7. The summed E-state index contributed by atoms with van der Waals surface area (Å²) >= 11 is 0. The molecule has 20 heteroatoms. The van der Waals surface area contributed by atoms with Crippen LogP contribution in [0.15, 0.2) is 172 Å². The van der Waals surface area contributed by atoms with Crippen LogP contribution in [0.5, 0.6) is 0 Å². The minimum absolute atomic E-state index is 0. The zero-order valence-electron chi connectivity index (χ0n) is 29.9. The molecule has 1 radical (unpaired) electrons. The van der Waals surface area contributed by atoms with Crippen LogP contribution in [-0.2, 0) is 45.4 Å². The van der Waals surface area contributed by atoms with E-state index in [0.29, 0.717) is 18.8 Å². The van der Waals surface area contributed by atoms with Crippen LogP contribution in [0.2, 0.25) is 0 Å². The summed E-state index contributed by atoms with van der Waals surface area (Å²) in [4.78, 5) is 29.2. The van der Waals surface area contributed by atoms with E-state index in [9.17, 15) is 40.5 Å². The van der Waals surface area contributed by atoms with Gasteiger partial charge < -0.3 is 14.7 Å². The quantitative estimate of drug-likeness (QED) is 0.109. The number of benzene rings is 3. The number of alkyl halides is 6. The number of pyridine rings is 2. The molecule has 12 nitrogen and oxygen atoms in total. The smallest absolute Gasteiger partial charge is 0.430 e. The molecule has 2 N–H and O–H groups in total. The Hall–Kier alpha value is -6.00. The van der Waals surface area contributed by atoms with Crippen LogP contribution in [0.3, 0.4) is 0 Å². The number of nitrogens with zero attached hydrogens (tertiary/aromatic N) is 6. The van der Waals surface area contributed by atoms with Gasteiger partial charge in [0.2, 0.25) is 0 Å². The van der Waals surface area contributed by atoms with E-state index in [1.165, 1.54) is 24.5 Å². The van der Waals surface area contributed by atoms with Gasteiger partial charge in [-0.05, 0) is 66.2 Å². The molecule has 5 aromatic rings. The maximum atomic E-state index is 13.6. The van der Waals surface area contributed by atoms with Gasteiger partial charge in [0, 0.05) is 43.1 Å². The van der Waals surface area contributed by atoms with Crippen molar-refractivity contribution in [1.29, 1.82) is 0 Å². The Balaban J connectivity index is 0.000000195. The second kappa shape index (κ2) is 19.2. The van der Waals surface area contributed by atoms with Gasteiger partial charge in [0.1, 0.15) is 11.4 Å². The van der Waals surface area contributed by atoms with Gasteiger partial charge >= 0.3 is 24.3 Å². The molecule has 2 atom stereocenters. The van der Waals surface area contributed by atoms with E-state index in [2.05, 4.69) is 30.4 Å². The van der Waals surface area contributed by atoms with E-state index < -0.39 is 42.7 Å². The van der Waals surface area contributed by atoms with E-state index in [-0.39, 0.29) is 42.9 Å². The van der Waals surface area contributed by atoms with Crippen LogP contribution in [-0.4, -0.2) is 55.6 Å². The first-order valence-corrected chi connectivity index (χ1v) is 18.3. The third kappa shape index (κ3) is 10.4. The van der Waals surface area contributed by atoms with Crippen LogP contribution < -0.4 is 10.6 Å². The van der Waals surface area contributed by atoms with Crippen LogP contribution in [0.25, 0.3) is 11.4 Å². The van der Waals surface area contributed by atoms with Gasteiger partial charge in [0.25, 0.3) is 18.4 Å². The summed E-state index contributed by atoms with van der Waals surface area (Å²) in [6.07, 6.45) is -6.48. The van der Waals surface area contributed by atoms with E-state index in [1.807, 2.05) is 91.0 Å². The van der Waals surface area contributed by atoms with E-state index in [4.69, 9.17) is 14.7 Å². The first-order valence-electron chi connectivity index (χ1n) is 16.7. The van der Waals surface area contributed by atoms with E-state index in [0.717, 1.165) is 16.2 Å². The number of aliphatic carboxylic acids is 2. The summed E-state index contributed by atoms with van der Waals surface area (Å²) in [5, 5.41) is 31.2.